The van der Waals surface area contributed by atoms with Crippen LogP contribution < -0.4 is 10.2 Å². The molecule has 216 valence electrons. The topological polar surface area (TPSA) is 80.6 Å². The summed E-state index contributed by atoms with van der Waals surface area (Å²) in [5, 5.41) is 3.52. The summed E-state index contributed by atoms with van der Waals surface area (Å²) in [7, 11) is 0. The van der Waals surface area contributed by atoms with Gasteiger partial charge in [0.25, 0.3) is 6.43 Å². The zero-order valence-corrected chi connectivity index (χ0v) is 23.0. The molecule has 0 unspecified atom stereocenters. The Bertz CT molecular complexity index is 1250. The smallest absolute Gasteiger partial charge is 0.296 e. The lowest BCUT2D eigenvalue weighted by Crippen LogP contribution is -2.37. The summed E-state index contributed by atoms with van der Waals surface area (Å²) in [5.41, 5.74) is 1.11. The number of imidazole rings is 1. The first-order valence-electron chi connectivity index (χ1n) is 14.7. The van der Waals surface area contributed by atoms with E-state index >= 15 is 0 Å². The third kappa shape index (κ3) is 6.37. The molecule has 0 radical (unpaired) electrons. The Labute approximate surface area is 233 Å². The van der Waals surface area contributed by atoms with E-state index in [1.807, 2.05) is 6.07 Å². The van der Waals surface area contributed by atoms with E-state index in [2.05, 4.69) is 20.1 Å². The van der Waals surface area contributed by atoms with Crippen LogP contribution in [0, 0.1) is 0 Å². The molecule has 2 aromatic heterocycles. The zero-order chi connectivity index (χ0) is 27.3. The van der Waals surface area contributed by atoms with Crippen LogP contribution >= 0.6 is 0 Å². The number of anilines is 2. The first-order chi connectivity index (χ1) is 19.6. The molecule has 0 spiro atoms. The number of likely N-dealkylation sites (tertiary alicyclic amines) is 1. The number of rotatable bonds is 10. The lowest BCUT2D eigenvalue weighted by molar-refractivity contribution is 0.0223. The summed E-state index contributed by atoms with van der Waals surface area (Å²) < 4.78 is 41.4. The third-order valence-corrected chi connectivity index (χ3v) is 8.22. The van der Waals surface area contributed by atoms with Crippen molar-refractivity contribution in [1.82, 2.24) is 24.4 Å². The summed E-state index contributed by atoms with van der Waals surface area (Å²) in [6.07, 6.45) is 5.16. The molecule has 3 aromatic rings. The molecule has 1 aliphatic carbocycles. The van der Waals surface area contributed by atoms with Crippen molar-refractivity contribution < 1.29 is 18.3 Å². The molecular formula is C29H39F2N7O2. The number of morpholine rings is 1. The maximum absolute atomic E-state index is 14.1. The van der Waals surface area contributed by atoms with Gasteiger partial charge in [-0.1, -0.05) is 12.1 Å². The summed E-state index contributed by atoms with van der Waals surface area (Å²) in [6, 6.07) is 9.15. The van der Waals surface area contributed by atoms with Gasteiger partial charge in [-0.15, -0.1) is 0 Å². The lowest BCUT2D eigenvalue weighted by atomic mass is 9.93. The molecule has 11 heteroatoms. The standard InChI is InChI=1S/C29H39F2N7O2/c30-27(31)28-33-23-6-1-2-7-24(23)38(28)26-20-25(37-15-18-39-19-16-37)34-29(35-26)32-21-8-10-22(11-9-21)40-17-5-14-36-12-3-4-13-36/h1-2,6-7,20-22,27H,3-5,8-19H2,(H,32,34,35)/t21-,22-. The van der Waals surface area contributed by atoms with Gasteiger partial charge in [-0.2, -0.15) is 9.97 Å². The molecule has 6 rings (SSSR count). The fraction of sp³-hybridized carbons (Fsp3) is 0.621. The number of halogens is 2. The van der Waals surface area contributed by atoms with Crippen LogP contribution in [0.25, 0.3) is 16.9 Å². The SMILES string of the molecule is FC(F)c1nc2ccccc2n1-c1cc(N2CCOCC2)nc(N[C@H]2CC[C@H](OCCCN3CCCC3)CC2)n1. The van der Waals surface area contributed by atoms with Crippen molar-refractivity contribution in [3.8, 4) is 5.82 Å². The van der Waals surface area contributed by atoms with Gasteiger partial charge < -0.3 is 24.6 Å². The van der Waals surface area contributed by atoms with Gasteiger partial charge in [0.15, 0.2) is 5.82 Å². The predicted octanol–water partition coefficient (Wildman–Crippen LogP) is 4.82. The van der Waals surface area contributed by atoms with Crippen LogP contribution in [-0.2, 0) is 9.47 Å². The van der Waals surface area contributed by atoms with Gasteiger partial charge in [-0.05, 0) is 70.2 Å². The maximum atomic E-state index is 14.1. The molecule has 1 N–H and O–H groups in total. The summed E-state index contributed by atoms with van der Waals surface area (Å²) in [4.78, 5) is 18.4. The quantitative estimate of drug-likeness (QED) is 0.357. The number of hydrogen-bond donors (Lipinski definition) is 1. The average Bonchev–Trinajstić information content (AvgIpc) is 3.65. The highest BCUT2D eigenvalue weighted by atomic mass is 19.3. The van der Waals surface area contributed by atoms with Crippen LogP contribution in [-0.4, -0.2) is 89.1 Å². The van der Waals surface area contributed by atoms with E-state index in [9.17, 15) is 8.78 Å². The molecule has 2 saturated heterocycles. The second kappa shape index (κ2) is 12.7. The van der Waals surface area contributed by atoms with Gasteiger partial charge in [0.1, 0.15) is 11.6 Å². The minimum absolute atomic E-state index is 0.200. The molecule has 1 aromatic carbocycles. The van der Waals surface area contributed by atoms with E-state index in [0.717, 1.165) is 45.3 Å². The highest BCUT2D eigenvalue weighted by Crippen LogP contribution is 2.30. The average molecular weight is 556 g/mol. The summed E-state index contributed by atoms with van der Waals surface area (Å²) >= 11 is 0. The first kappa shape index (κ1) is 27.3. The van der Waals surface area contributed by atoms with Crippen molar-refractivity contribution in [2.45, 2.75) is 63.5 Å². The lowest BCUT2D eigenvalue weighted by Gasteiger charge is -2.31. The van der Waals surface area contributed by atoms with Crippen LogP contribution in [0.5, 0.6) is 0 Å². The van der Waals surface area contributed by atoms with Gasteiger partial charge in [-0.3, -0.25) is 4.57 Å². The van der Waals surface area contributed by atoms with Gasteiger partial charge in [0.05, 0.1) is 30.4 Å². The number of hydrogen-bond acceptors (Lipinski definition) is 8. The largest absolute Gasteiger partial charge is 0.378 e. The van der Waals surface area contributed by atoms with Crippen molar-refractivity contribution in [2.75, 3.05) is 62.8 Å². The molecule has 40 heavy (non-hydrogen) atoms. The van der Waals surface area contributed by atoms with E-state index < -0.39 is 6.43 Å². The van der Waals surface area contributed by atoms with Gasteiger partial charge in [0, 0.05) is 38.3 Å². The number of aromatic nitrogens is 4. The molecule has 0 atom stereocenters. The van der Waals surface area contributed by atoms with E-state index in [1.165, 1.54) is 30.5 Å². The predicted molar refractivity (Wildman–Crippen MR) is 151 cm³/mol. The fourth-order valence-corrected chi connectivity index (χ4v) is 6.09. The molecule has 4 heterocycles. The Morgan fingerprint density at radius 3 is 2.48 bits per heavy atom. The molecule has 2 aliphatic heterocycles. The van der Waals surface area contributed by atoms with Gasteiger partial charge >= 0.3 is 0 Å². The summed E-state index contributed by atoms with van der Waals surface area (Å²) in [5.74, 6) is 1.22. The van der Waals surface area contributed by atoms with E-state index in [1.54, 1.807) is 24.3 Å². The number of para-hydroxylation sites is 2. The molecule has 0 amide bonds. The van der Waals surface area contributed by atoms with Crippen LogP contribution in [0.1, 0.15) is 57.2 Å². The fourth-order valence-electron chi connectivity index (χ4n) is 6.09. The van der Waals surface area contributed by atoms with E-state index in [-0.39, 0.29) is 11.9 Å². The highest BCUT2D eigenvalue weighted by molar-refractivity contribution is 5.78. The molecule has 3 aliphatic rings. The summed E-state index contributed by atoms with van der Waals surface area (Å²) in [6.45, 7) is 6.97. The molecule has 1 saturated carbocycles. The Morgan fingerprint density at radius 2 is 1.70 bits per heavy atom. The molecular weight excluding hydrogens is 516 g/mol. The van der Waals surface area contributed by atoms with Crippen molar-refractivity contribution in [3.63, 3.8) is 0 Å². The minimum Gasteiger partial charge on any atom is -0.378 e. The van der Waals surface area contributed by atoms with E-state index in [0.29, 0.717) is 61.0 Å². The number of nitrogens with zero attached hydrogens (tertiary/aromatic N) is 6. The van der Waals surface area contributed by atoms with Crippen molar-refractivity contribution in [1.29, 1.82) is 0 Å². The van der Waals surface area contributed by atoms with Crippen molar-refractivity contribution >= 4 is 22.8 Å². The zero-order valence-electron chi connectivity index (χ0n) is 23.0. The molecule has 0 bridgehead atoms. The van der Waals surface area contributed by atoms with Gasteiger partial charge in [0.2, 0.25) is 5.95 Å². The number of nitrogens with one attached hydrogen (secondary N) is 1. The number of ether oxygens (including phenoxy) is 2. The van der Waals surface area contributed by atoms with Crippen LogP contribution in [0.2, 0.25) is 0 Å². The first-order valence-corrected chi connectivity index (χ1v) is 14.7. The maximum Gasteiger partial charge on any atom is 0.296 e. The molecule has 9 nitrogen and oxygen atoms in total. The Morgan fingerprint density at radius 1 is 0.950 bits per heavy atom. The third-order valence-electron chi connectivity index (χ3n) is 8.22. The Hall–Kier alpha value is -2.89. The second-order valence-electron chi connectivity index (χ2n) is 11.0. The highest BCUT2D eigenvalue weighted by Gasteiger charge is 2.26. The number of fused-ring (bicyclic) bond motifs is 1. The normalized spacial score (nSPS) is 22.4. The van der Waals surface area contributed by atoms with Gasteiger partial charge in [-0.25, -0.2) is 13.8 Å². The Kier molecular flexibility index (Phi) is 8.69. The second-order valence-corrected chi connectivity index (χ2v) is 11.0. The van der Waals surface area contributed by atoms with Crippen LogP contribution in [0.3, 0.4) is 0 Å². The van der Waals surface area contributed by atoms with E-state index in [4.69, 9.17) is 19.4 Å². The van der Waals surface area contributed by atoms with Crippen molar-refractivity contribution in [3.05, 3.63) is 36.2 Å². The van der Waals surface area contributed by atoms with Crippen LogP contribution in [0.15, 0.2) is 30.3 Å². The van der Waals surface area contributed by atoms with Crippen LogP contribution in [0.4, 0.5) is 20.5 Å². The number of benzene rings is 1. The van der Waals surface area contributed by atoms with Crippen molar-refractivity contribution in [2.24, 2.45) is 0 Å². The Balaban J connectivity index is 1.16. The molecule has 3 fully saturated rings. The number of alkyl halides is 2. The minimum atomic E-state index is -2.74. The monoisotopic (exact) mass is 555 g/mol.